The minimum absolute atomic E-state index is 0.654. The van der Waals surface area contributed by atoms with Crippen molar-refractivity contribution in [3.8, 4) is 44.5 Å². The van der Waals surface area contributed by atoms with Crippen molar-refractivity contribution < 1.29 is 0 Å². The van der Waals surface area contributed by atoms with Crippen LogP contribution >= 0.6 is 11.3 Å². The highest BCUT2D eigenvalue weighted by molar-refractivity contribution is 7.22. The number of benzene rings is 10. The van der Waals surface area contributed by atoms with Crippen molar-refractivity contribution in [1.82, 2.24) is 19.1 Å². The highest BCUT2D eigenvalue weighted by Crippen LogP contribution is 2.46. The van der Waals surface area contributed by atoms with E-state index in [4.69, 9.17) is 9.97 Å². The van der Waals surface area contributed by atoms with Gasteiger partial charge >= 0.3 is 0 Å². The Balaban J connectivity index is 1.05. The smallest absolute Gasteiger partial charge is 0.235 e. The number of para-hydroxylation sites is 1. The number of fused-ring (bicyclic) bond motifs is 12. The first kappa shape index (κ1) is 36.1. The van der Waals surface area contributed by atoms with Crippen LogP contribution < -0.4 is 0 Å². The zero-order valence-corrected chi connectivity index (χ0v) is 35.8. The summed E-state index contributed by atoms with van der Waals surface area (Å²) < 4.78 is 5.79. The fourth-order valence-electron chi connectivity index (χ4n) is 10.5. The summed E-state index contributed by atoms with van der Waals surface area (Å²) in [5, 5.41) is 12.2. The SMILES string of the molecule is c1ccc(-c2nc(-n3c4ccc(-c5cccc6c5c5c7ccccc7ccc5n6-c5ccccc5)cc4c4c5ccccc5ccc43)nc3cc(-c4cccc5ccccc45)sc23)cc1. The molecule has 0 aliphatic rings. The lowest BCUT2D eigenvalue weighted by atomic mass is 9.95. The monoisotopic (exact) mass is 844 g/mol. The van der Waals surface area contributed by atoms with Crippen LogP contribution in [0.3, 0.4) is 0 Å². The molecule has 0 amide bonds. The van der Waals surface area contributed by atoms with Crippen LogP contribution in [0.2, 0.25) is 0 Å². The molecule has 0 spiro atoms. The van der Waals surface area contributed by atoms with Gasteiger partial charge in [-0.3, -0.25) is 4.57 Å². The topological polar surface area (TPSA) is 35.6 Å². The van der Waals surface area contributed by atoms with Crippen molar-refractivity contribution in [3.05, 3.63) is 218 Å². The van der Waals surface area contributed by atoms with Crippen LogP contribution in [0.15, 0.2) is 218 Å². The van der Waals surface area contributed by atoms with E-state index in [1.54, 1.807) is 11.3 Å². The van der Waals surface area contributed by atoms with Crippen LogP contribution in [-0.4, -0.2) is 19.1 Å². The molecular formula is C60H36N4S. The van der Waals surface area contributed by atoms with Crippen LogP contribution in [0.4, 0.5) is 0 Å². The average Bonchev–Trinajstić information content (AvgIpc) is 4.07. The molecule has 14 aromatic rings. The fourth-order valence-corrected chi connectivity index (χ4v) is 11.6. The van der Waals surface area contributed by atoms with Crippen LogP contribution in [0.5, 0.6) is 0 Å². The largest absolute Gasteiger partial charge is 0.309 e. The predicted octanol–water partition coefficient (Wildman–Crippen LogP) is 16.3. The van der Waals surface area contributed by atoms with Gasteiger partial charge < -0.3 is 4.57 Å². The second-order valence-electron chi connectivity index (χ2n) is 16.9. The van der Waals surface area contributed by atoms with Crippen molar-refractivity contribution in [2.45, 2.75) is 0 Å². The molecule has 0 atom stereocenters. The molecule has 4 heterocycles. The van der Waals surface area contributed by atoms with E-state index in [1.807, 2.05) is 0 Å². The van der Waals surface area contributed by atoms with E-state index >= 15 is 0 Å². The highest BCUT2D eigenvalue weighted by Gasteiger charge is 2.23. The molecule has 0 fully saturated rings. The van der Waals surface area contributed by atoms with Crippen molar-refractivity contribution >= 4 is 97.5 Å². The molecule has 14 rings (SSSR count). The number of thiophene rings is 1. The molecule has 0 N–H and O–H groups in total. The first-order valence-electron chi connectivity index (χ1n) is 22.1. The third-order valence-corrected chi connectivity index (χ3v) is 14.5. The lowest BCUT2D eigenvalue weighted by Crippen LogP contribution is -2.02. The summed E-state index contributed by atoms with van der Waals surface area (Å²) in [6.07, 6.45) is 0. The van der Waals surface area contributed by atoms with Gasteiger partial charge in [-0.2, -0.15) is 0 Å². The van der Waals surface area contributed by atoms with Crippen LogP contribution in [-0.2, 0) is 0 Å². The third-order valence-electron chi connectivity index (χ3n) is 13.3. The Hall–Kier alpha value is -8.38. The molecule has 0 saturated heterocycles. The van der Waals surface area contributed by atoms with E-state index in [9.17, 15) is 0 Å². The van der Waals surface area contributed by atoms with Gasteiger partial charge in [0.25, 0.3) is 0 Å². The highest BCUT2D eigenvalue weighted by atomic mass is 32.1. The van der Waals surface area contributed by atoms with E-state index in [1.165, 1.54) is 75.5 Å². The first-order valence-corrected chi connectivity index (χ1v) is 22.9. The zero-order valence-electron chi connectivity index (χ0n) is 35.0. The average molecular weight is 845 g/mol. The van der Waals surface area contributed by atoms with E-state index in [0.717, 1.165) is 49.1 Å². The number of hydrogen-bond acceptors (Lipinski definition) is 3. The summed E-state index contributed by atoms with van der Waals surface area (Å²) >= 11 is 1.77. The van der Waals surface area contributed by atoms with Crippen LogP contribution in [0.1, 0.15) is 0 Å². The molecule has 0 saturated carbocycles. The minimum atomic E-state index is 0.654. The van der Waals surface area contributed by atoms with Gasteiger partial charge in [-0.25, -0.2) is 9.97 Å². The van der Waals surface area contributed by atoms with E-state index in [-0.39, 0.29) is 0 Å². The summed E-state index contributed by atoms with van der Waals surface area (Å²) in [7, 11) is 0. The summed E-state index contributed by atoms with van der Waals surface area (Å²) in [6, 6.07) is 79.1. The summed E-state index contributed by atoms with van der Waals surface area (Å²) in [5.74, 6) is 0.654. The molecule has 302 valence electrons. The molecule has 0 aliphatic heterocycles. The summed E-state index contributed by atoms with van der Waals surface area (Å²) in [6.45, 7) is 0. The standard InChI is InChI=1S/C60H36N4S/c1-3-18-40(19-4-1)58-59-49(36-54(65-59)47-27-13-20-37-15-7-10-23-43(37)47)61-60(62-58)64-50-32-31-41(35-48(50)55-44-24-11-8-16-38(44)29-33-52(55)64)46-26-14-28-51-57(46)56-45-25-12-9-17-39(45)30-34-53(56)63(51)42-21-5-2-6-22-42/h1-36H. The molecule has 0 bridgehead atoms. The minimum Gasteiger partial charge on any atom is -0.309 e. The Morgan fingerprint density at radius 1 is 0.354 bits per heavy atom. The number of aromatic nitrogens is 4. The Bertz CT molecular complexity index is 4230. The number of rotatable bonds is 5. The Labute approximate surface area is 377 Å². The van der Waals surface area contributed by atoms with Gasteiger partial charge in [-0.05, 0) is 97.5 Å². The first-order chi connectivity index (χ1) is 32.2. The molecule has 0 aliphatic carbocycles. The predicted molar refractivity (Wildman–Crippen MR) is 275 cm³/mol. The lowest BCUT2D eigenvalue weighted by Gasteiger charge is -2.11. The van der Waals surface area contributed by atoms with E-state index in [2.05, 4.69) is 228 Å². The molecule has 10 aromatic carbocycles. The molecule has 65 heavy (non-hydrogen) atoms. The maximum Gasteiger partial charge on any atom is 0.235 e. The van der Waals surface area contributed by atoms with Gasteiger partial charge in [0.05, 0.1) is 38.0 Å². The maximum absolute atomic E-state index is 5.54. The quantitative estimate of drug-likeness (QED) is 0.173. The van der Waals surface area contributed by atoms with E-state index in [0.29, 0.717) is 5.95 Å². The van der Waals surface area contributed by atoms with Gasteiger partial charge in [0.1, 0.15) is 0 Å². The fraction of sp³-hybridized carbons (Fsp3) is 0. The molecule has 4 aromatic heterocycles. The van der Waals surface area contributed by atoms with Gasteiger partial charge in [-0.15, -0.1) is 11.3 Å². The number of nitrogens with zero attached hydrogens (tertiary/aromatic N) is 4. The number of hydrogen-bond donors (Lipinski definition) is 0. The Morgan fingerprint density at radius 3 is 1.71 bits per heavy atom. The van der Waals surface area contributed by atoms with Crippen molar-refractivity contribution in [1.29, 1.82) is 0 Å². The zero-order chi connectivity index (χ0) is 42.6. The summed E-state index contributed by atoms with van der Waals surface area (Å²) in [4.78, 5) is 12.2. The van der Waals surface area contributed by atoms with E-state index < -0.39 is 0 Å². The van der Waals surface area contributed by atoms with Crippen LogP contribution in [0, 0.1) is 0 Å². The second kappa shape index (κ2) is 14.1. The van der Waals surface area contributed by atoms with Crippen molar-refractivity contribution in [2.75, 3.05) is 0 Å². The molecule has 0 unspecified atom stereocenters. The van der Waals surface area contributed by atoms with Gasteiger partial charge in [0.15, 0.2) is 0 Å². The van der Waals surface area contributed by atoms with Crippen LogP contribution in [0.25, 0.3) is 131 Å². The molecule has 4 nitrogen and oxygen atoms in total. The Kier molecular flexibility index (Phi) is 7.82. The molecular weight excluding hydrogens is 809 g/mol. The van der Waals surface area contributed by atoms with Gasteiger partial charge in [-0.1, -0.05) is 170 Å². The maximum atomic E-state index is 5.54. The van der Waals surface area contributed by atoms with Crippen molar-refractivity contribution in [3.63, 3.8) is 0 Å². The van der Waals surface area contributed by atoms with Gasteiger partial charge in [0, 0.05) is 37.7 Å². The second-order valence-corrected chi connectivity index (χ2v) is 17.9. The van der Waals surface area contributed by atoms with Crippen molar-refractivity contribution in [2.24, 2.45) is 0 Å². The van der Waals surface area contributed by atoms with Gasteiger partial charge in [0.2, 0.25) is 5.95 Å². The normalized spacial score (nSPS) is 12.0. The lowest BCUT2D eigenvalue weighted by molar-refractivity contribution is 1.02. The summed E-state index contributed by atoms with van der Waals surface area (Å²) in [5.41, 5.74) is 12.2. The molecule has 5 heteroatoms. The molecule has 0 radical (unpaired) electrons. The third kappa shape index (κ3) is 5.43. The Morgan fingerprint density at radius 2 is 0.938 bits per heavy atom.